The van der Waals surface area contributed by atoms with Crippen molar-refractivity contribution >= 4 is 5.84 Å². The molecule has 0 atom stereocenters. The van der Waals surface area contributed by atoms with Crippen LogP contribution in [0.3, 0.4) is 0 Å². The predicted octanol–water partition coefficient (Wildman–Crippen LogP) is 2.75. The second kappa shape index (κ2) is 8.24. The van der Waals surface area contributed by atoms with E-state index in [1.807, 2.05) is 6.92 Å². The molecule has 0 aromatic heterocycles. The van der Waals surface area contributed by atoms with E-state index in [1.165, 1.54) is 0 Å². The third-order valence-electron chi connectivity index (χ3n) is 2.65. The summed E-state index contributed by atoms with van der Waals surface area (Å²) in [5.41, 5.74) is 6.16. The average Bonchev–Trinajstić information content (AvgIpc) is 2.44. The Hall–Kier alpha value is -1.91. The first kappa shape index (κ1) is 15.1. The molecule has 19 heavy (non-hydrogen) atoms. The van der Waals surface area contributed by atoms with Gasteiger partial charge in [0.05, 0.1) is 13.2 Å². The molecule has 5 heteroatoms. The summed E-state index contributed by atoms with van der Waals surface area (Å²) in [6, 6.07) is 5.24. The molecular weight excluding hydrogens is 244 g/mol. The fraction of sp³-hybridized carbons (Fsp3) is 0.500. The number of ether oxygens (including phenoxy) is 2. The van der Waals surface area contributed by atoms with Crippen LogP contribution in [0.5, 0.6) is 11.5 Å². The summed E-state index contributed by atoms with van der Waals surface area (Å²) < 4.78 is 11.2. The SMILES string of the molecule is CCCCCOc1ccc(C(N)=NO)cc1OCC. The van der Waals surface area contributed by atoms with Crippen LogP contribution in [-0.4, -0.2) is 24.3 Å². The van der Waals surface area contributed by atoms with Gasteiger partial charge in [0.25, 0.3) is 0 Å². The molecule has 0 amide bonds. The maximum atomic E-state index is 8.67. The number of benzene rings is 1. The molecule has 1 aromatic rings. The molecular formula is C14H22N2O3. The highest BCUT2D eigenvalue weighted by atomic mass is 16.5. The van der Waals surface area contributed by atoms with Gasteiger partial charge in [0.15, 0.2) is 17.3 Å². The molecule has 5 nitrogen and oxygen atoms in total. The van der Waals surface area contributed by atoms with E-state index in [0.717, 1.165) is 19.3 Å². The van der Waals surface area contributed by atoms with Gasteiger partial charge in [-0.05, 0) is 31.5 Å². The van der Waals surface area contributed by atoms with E-state index in [1.54, 1.807) is 18.2 Å². The highest BCUT2D eigenvalue weighted by Crippen LogP contribution is 2.28. The first-order chi connectivity index (χ1) is 9.22. The number of nitrogens with zero attached hydrogens (tertiary/aromatic N) is 1. The lowest BCUT2D eigenvalue weighted by atomic mass is 10.2. The minimum Gasteiger partial charge on any atom is -0.490 e. The van der Waals surface area contributed by atoms with Crippen molar-refractivity contribution in [2.45, 2.75) is 33.1 Å². The van der Waals surface area contributed by atoms with Crippen molar-refractivity contribution in [2.75, 3.05) is 13.2 Å². The van der Waals surface area contributed by atoms with Gasteiger partial charge in [0, 0.05) is 5.56 Å². The number of unbranched alkanes of at least 4 members (excludes halogenated alkanes) is 2. The zero-order chi connectivity index (χ0) is 14.1. The molecule has 0 aliphatic rings. The van der Waals surface area contributed by atoms with Gasteiger partial charge in [-0.1, -0.05) is 24.9 Å². The Morgan fingerprint density at radius 3 is 2.63 bits per heavy atom. The quantitative estimate of drug-likeness (QED) is 0.249. The van der Waals surface area contributed by atoms with Crippen LogP contribution in [0.15, 0.2) is 23.4 Å². The van der Waals surface area contributed by atoms with Crippen LogP contribution >= 0.6 is 0 Å². The van der Waals surface area contributed by atoms with Gasteiger partial charge in [-0.3, -0.25) is 0 Å². The average molecular weight is 266 g/mol. The second-order valence-corrected chi connectivity index (χ2v) is 4.14. The van der Waals surface area contributed by atoms with Gasteiger partial charge < -0.3 is 20.4 Å². The molecule has 0 bridgehead atoms. The molecule has 0 aliphatic carbocycles. The second-order valence-electron chi connectivity index (χ2n) is 4.14. The fourth-order valence-electron chi connectivity index (χ4n) is 1.65. The van der Waals surface area contributed by atoms with Crippen molar-refractivity contribution in [1.29, 1.82) is 0 Å². The molecule has 1 rings (SSSR count). The van der Waals surface area contributed by atoms with Gasteiger partial charge in [0.2, 0.25) is 0 Å². The molecule has 106 valence electrons. The molecule has 3 N–H and O–H groups in total. The third-order valence-corrected chi connectivity index (χ3v) is 2.65. The van der Waals surface area contributed by atoms with Gasteiger partial charge in [-0.2, -0.15) is 0 Å². The van der Waals surface area contributed by atoms with Crippen molar-refractivity contribution in [3.8, 4) is 11.5 Å². The Labute approximate surface area is 114 Å². The van der Waals surface area contributed by atoms with E-state index in [0.29, 0.717) is 30.3 Å². The van der Waals surface area contributed by atoms with Crippen molar-refractivity contribution in [2.24, 2.45) is 10.9 Å². The molecule has 0 radical (unpaired) electrons. The Morgan fingerprint density at radius 2 is 2.00 bits per heavy atom. The minimum atomic E-state index is 0.0542. The van der Waals surface area contributed by atoms with Crippen LogP contribution < -0.4 is 15.2 Å². The summed E-state index contributed by atoms with van der Waals surface area (Å²) in [6.45, 7) is 5.25. The van der Waals surface area contributed by atoms with Crippen molar-refractivity contribution in [3.63, 3.8) is 0 Å². The summed E-state index contributed by atoms with van der Waals surface area (Å²) in [7, 11) is 0. The van der Waals surface area contributed by atoms with Crippen LogP contribution in [0.2, 0.25) is 0 Å². The van der Waals surface area contributed by atoms with Crippen LogP contribution in [0.1, 0.15) is 38.7 Å². The third kappa shape index (κ3) is 4.69. The van der Waals surface area contributed by atoms with Crippen LogP contribution in [0, 0.1) is 0 Å². The standard InChI is InChI=1S/C14H22N2O3/c1-3-5-6-9-19-12-8-7-11(14(15)16-17)10-13(12)18-4-2/h7-8,10,17H,3-6,9H2,1-2H3,(H2,15,16). The lowest BCUT2D eigenvalue weighted by molar-refractivity contribution is 0.271. The number of nitrogens with two attached hydrogens (primary N) is 1. The van der Waals surface area contributed by atoms with E-state index in [9.17, 15) is 0 Å². The highest BCUT2D eigenvalue weighted by molar-refractivity contribution is 5.97. The normalized spacial score (nSPS) is 11.4. The maximum Gasteiger partial charge on any atom is 0.170 e. The van der Waals surface area contributed by atoms with Crippen LogP contribution in [0.4, 0.5) is 0 Å². The van der Waals surface area contributed by atoms with Crippen molar-refractivity contribution < 1.29 is 14.7 Å². The zero-order valence-corrected chi connectivity index (χ0v) is 11.6. The molecule has 0 unspecified atom stereocenters. The number of hydrogen-bond donors (Lipinski definition) is 2. The minimum absolute atomic E-state index is 0.0542. The van der Waals surface area contributed by atoms with E-state index in [2.05, 4.69) is 12.1 Å². The van der Waals surface area contributed by atoms with Crippen LogP contribution in [-0.2, 0) is 0 Å². The first-order valence-electron chi connectivity index (χ1n) is 6.60. The van der Waals surface area contributed by atoms with E-state index in [-0.39, 0.29) is 5.84 Å². The Balaban J connectivity index is 2.79. The number of rotatable bonds is 8. The highest BCUT2D eigenvalue weighted by Gasteiger charge is 2.08. The van der Waals surface area contributed by atoms with Crippen molar-refractivity contribution in [3.05, 3.63) is 23.8 Å². The molecule has 0 aliphatic heterocycles. The van der Waals surface area contributed by atoms with Gasteiger partial charge in [0.1, 0.15) is 0 Å². The van der Waals surface area contributed by atoms with E-state index < -0.39 is 0 Å². The van der Waals surface area contributed by atoms with Gasteiger partial charge >= 0.3 is 0 Å². The van der Waals surface area contributed by atoms with E-state index in [4.69, 9.17) is 20.4 Å². The lowest BCUT2D eigenvalue weighted by Crippen LogP contribution is -2.13. The summed E-state index contributed by atoms with van der Waals surface area (Å²) in [5, 5.41) is 11.6. The fourth-order valence-corrected chi connectivity index (χ4v) is 1.65. The summed E-state index contributed by atoms with van der Waals surface area (Å²) in [6.07, 6.45) is 3.32. The summed E-state index contributed by atoms with van der Waals surface area (Å²) in [5.74, 6) is 1.36. The summed E-state index contributed by atoms with van der Waals surface area (Å²) in [4.78, 5) is 0. The lowest BCUT2D eigenvalue weighted by Gasteiger charge is -2.13. The van der Waals surface area contributed by atoms with Gasteiger partial charge in [-0.25, -0.2) is 0 Å². The zero-order valence-electron chi connectivity index (χ0n) is 11.6. The number of hydrogen-bond acceptors (Lipinski definition) is 4. The first-order valence-corrected chi connectivity index (χ1v) is 6.60. The molecule has 0 fully saturated rings. The molecule has 0 saturated heterocycles. The molecule has 0 heterocycles. The topological polar surface area (TPSA) is 77.1 Å². The van der Waals surface area contributed by atoms with Gasteiger partial charge in [-0.15, -0.1) is 0 Å². The molecule has 1 aromatic carbocycles. The smallest absolute Gasteiger partial charge is 0.170 e. The maximum absolute atomic E-state index is 8.67. The number of oxime groups is 1. The Bertz CT molecular complexity index is 419. The molecule has 0 saturated carbocycles. The van der Waals surface area contributed by atoms with E-state index >= 15 is 0 Å². The summed E-state index contributed by atoms with van der Waals surface area (Å²) >= 11 is 0. The Morgan fingerprint density at radius 1 is 1.21 bits per heavy atom. The monoisotopic (exact) mass is 266 g/mol. The Kier molecular flexibility index (Phi) is 6.57. The van der Waals surface area contributed by atoms with Crippen molar-refractivity contribution in [1.82, 2.24) is 0 Å². The van der Waals surface area contributed by atoms with Crippen LogP contribution in [0.25, 0.3) is 0 Å². The largest absolute Gasteiger partial charge is 0.490 e. The predicted molar refractivity (Wildman–Crippen MR) is 75.1 cm³/mol. The number of amidine groups is 1. The molecule has 0 spiro atoms.